The van der Waals surface area contributed by atoms with Gasteiger partial charge in [-0.05, 0) is 29.8 Å². The van der Waals surface area contributed by atoms with Crippen molar-refractivity contribution in [2.45, 2.75) is 0 Å². The van der Waals surface area contributed by atoms with Crippen LogP contribution in [0.25, 0.3) is 11.1 Å². The van der Waals surface area contributed by atoms with Crippen LogP contribution >= 0.6 is 11.6 Å². The van der Waals surface area contributed by atoms with Crippen LogP contribution in [0.2, 0.25) is 5.02 Å². The zero-order chi connectivity index (χ0) is 11.5. The minimum absolute atomic E-state index is 0.643. The molecular formula is C13H12ClNO. The van der Waals surface area contributed by atoms with E-state index in [-0.39, 0.29) is 0 Å². The Hall–Kier alpha value is -1.67. The molecule has 2 nitrogen and oxygen atoms in total. The maximum Gasteiger partial charge on any atom is 0.119 e. The average Bonchev–Trinajstić information content (AvgIpc) is 2.29. The van der Waals surface area contributed by atoms with E-state index in [4.69, 9.17) is 22.1 Å². The Balaban J connectivity index is 2.49. The highest BCUT2D eigenvalue weighted by atomic mass is 35.5. The summed E-state index contributed by atoms with van der Waals surface area (Å²) in [5.41, 5.74) is 8.57. The van der Waals surface area contributed by atoms with Crippen molar-refractivity contribution in [1.82, 2.24) is 0 Å². The first-order valence-corrected chi connectivity index (χ1v) is 5.28. The average molecular weight is 234 g/mol. The Labute approximate surface area is 99.6 Å². The Bertz CT molecular complexity index is 511. The summed E-state index contributed by atoms with van der Waals surface area (Å²) in [5.74, 6) is 0.812. The fourth-order valence-electron chi connectivity index (χ4n) is 1.59. The van der Waals surface area contributed by atoms with Crippen LogP contribution in [0.1, 0.15) is 0 Å². The third-order valence-corrected chi connectivity index (χ3v) is 2.63. The molecule has 0 saturated heterocycles. The van der Waals surface area contributed by atoms with Crippen LogP contribution in [0.15, 0.2) is 42.5 Å². The number of nitrogens with two attached hydrogens (primary N) is 1. The van der Waals surface area contributed by atoms with Gasteiger partial charge in [-0.2, -0.15) is 0 Å². The van der Waals surface area contributed by atoms with Gasteiger partial charge in [0.2, 0.25) is 0 Å². The molecule has 0 spiro atoms. The maximum atomic E-state index is 5.92. The minimum atomic E-state index is 0.643. The monoisotopic (exact) mass is 233 g/mol. The number of benzene rings is 2. The number of nitrogen functional groups attached to an aromatic ring is 1. The van der Waals surface area contributed by atoms with E-state index >= 15 is 0 Å². The number of hydrogen-bond donors (Lipinski definition) is 1. The first-order chi connectivity index (χ1) is 7.70. The van der Waals surface area contributed by atoms with E-state index in [0.29, 0.717) is 10.7 Å². The van der Waals surface area contributed by atoms with Crippen molar-refractivity contribution in [3.05, 3.63) is 47.5 Å². The molecule has 0 fully saturated rings. The third kappa shape index (κ3) is 2.12. The van der Waals surface area contributed by atoms with E-state index in [9.17, 15) is 0 Å². The molecule has 0 aliphatic rings. The number of anilines is 1. The van der Waals surface area contributed by atoms with Crippen LogP contribution in [0.3, 0.4) is 0 Å². The van der Waals surface area contributed by atoms with Crippen molar-refractivity contribution in [3.8, 4) is 16.9 Å². The molecule has 2 aromatic carbocycles. The van der Waals surface area contributed by atoms with Crippen molar-refractivity contribution in [1.29, 1.82) is 0 Å². The molecule has 0 aliphatic carbocycles. The lowest BCUT2D eigenvalue weighted by Gasteiger charge is -2.07. The summed E-state index contributed by atoms with van der Waals surface area (Å²) in [5, 5.41) is 0.643. The fourth-order valence-corrected chi connectivity index (χ4v) is 1.77. The van der Waals surface area contributed by atoms with Gasteiger partial charge >= 0.3 is 0 Å². The number of methoxy groups -OCH3 is 1. The van der Waals surface area contributed by atoms with Gasteiger partial charge in [0.25, 0.3) is 0 Å². The molecule has 0 bridgehead atoms. The van der Waals surface area contributed by atoms with Gasteiger partial charge in [0.05, 0.1) is 7.11 Å². The molecule has 0 amide bonds. The number of hydrogen-bond acceptors (Lipinski definition) is 2. The Morgan fingerprint density at radius 1 is 1.12 bits per heavy atom. The topological polar surface area (TPSA) is 35.2 Å². The zero-order valence-electron chi connectivity index (χ0n) is 8.91. The smallest absolute Gasteiger partial charge is 0.119 e. The van der Waals surface area contributed by atoms with Crippen LogP contribution in [0.5, 0.6) is 5.75 Å². The van der Waals surface area contributed by atoms with E-state index in [1.54, 1.807) is 13.2 Å². The Morgan fingerprint density at radius 3 is 2.62 bits per heavy atom. The van der Waals surface area contributed by atoms with E-state index in [0.717, 1.165) is 16.9 Å². The van der Waals surface area contributed by atoms with Crippen molar-refractivity contribution in [2.75, 3.05) is 12.8 Å². The van der Waals surface area contributed by atoms with E-state index in [1.807, 2.05) is 36.4 Å². The molecule has 0 heterocycles. The molecule has 0 radical (unpaired) electrons. The molecule has 0 atom stereocenters. The van der Waals surface area contributed by atoms with Crippen LogP contribution in [0, 0.1) is 0 Å². The summed E-state index contributed by atoms with van der Waals surface area (Å²) in [6.45, 7) is 0. The predicted octanol–water partition coefficient (Wildman–Crippen LogP) is 3.60. The van der Waals surface area contributed by atoms with Crippen molar-refractivity contribution in [2.24, 2.45) is 0 Å². The van der Waals surface area contributed by atoms with Gasteiger partial charge in [-0.25, -0.2) is 0 Å². The van der Waals surface area contributed by atoms with Gasteiger partial charge in [-0.15, -0.1) is 0 Å². The molecule has 82 valence electrons. The van der Waals surface area contributed by atoms with E-state index in [1.165, 1.54) is 0 Å². The molecule has 2 N–H and O–H groups in total. The first kappa shape index (κ1) is 10.8. The number of halogens is 1. The second-order valence-corrected chi connectivity index (χ2v) is 3.90. The molecule has 0 saturated carbocycles. The fraction of sp³-hybridized carbons (Fsp3) is 0.0769. The summed E-state index contributed by atoms with van der Waals surface area (Å²) in [4.78, 5) is 0. The lowest BCUT2D eigenvalue weighted by Crippen LogP contribution is -1.90. The standard InChI is InChI=1S/C13H12ClNO/c1-16-11-4-2-3-9(7-11)12-6-5-10(14)8-13(12)15/h2-8H,15H2,1H3. The largest absolute Gasteiger partial charge is 0.497 e. The quantitative estimate of drug-likeness (QED) is 0.805. The first-order valence-electron chi connectivity index (χ1n) is 4.90. The predicted molar refractivity (Wildman–Crippen MR) is 67.9 cm³/mol. The Morgan fingerprint density at radius 2 is 1.94 bits per heavy atom. The second kappa shape index (κ2) is 4.45. The number of rotatable bonds is 2. The molecule has 0 unspecified atom stereocenters. The Kier molecular flexibility index (Phi) is 3.02. The van der Waals surface area contributed by atoms with E-state index in [2.05, 4.69) is 0 Å². The minimum Gasteiger partial charge on any atom is -0.497 e. The van der Waals surface area contributed by atoms with Gasteiger partial charge in [0, 0.05) is 16.3 Å². The van der Waals surface area contributed by atoms with Crippen LogP contribution in [-0.4, -0.2) is 7.11 Å². The molecular weight excluding hydrogens is 222 g/mol. The lowest BCUT2D eigenvalue weighted by molar-refractivity contribution is 0.415. The molecule has 16 heavy (non-hydrogen) atoms. The summed E-state index contributed by atoms with van der Waals surface area (Å²) in [7, 11) is 1.64. The van der Waals surface area contributed by atoms with E-state index < -0.39 is 0 Å². The molecule has 2 rings (SSSR count). The summed E-state index contributed by atoms with van der Waals surface area (Å²) >= 11 is 5.86. The third-order valence-electron chi connectivity index (χ3n) is 2.39. The second-order valence-electron chi connectivity index (χ2n) is 3.46. The van der Waals surface area contributed by atoms with Gasteiger partial charge in [-0.1, -0.05) is 29.8 Å². The van der Waals surface area contributed by atoms with Crippen molar-refractivity contribution in [3.63, 3.8) is 0 Å². The van der Waals surface area contributed by atoms with Gasteiger partial charge in [0.1, 0.15) is 5.75 Å². The molecule has 0 aromatic heterocycles. The van der Waals surface area contributed by atoms with Crippen LogP contribution in [0.4, 0.5) is 5.69 Å². The van der Waals surface area contributed by atoms with Crippen LogP contribution in [-0.2, 0) is 0 Å². The van der Waals surface area contributed by atoms with Crippen LogP contribution < -0.4 is 10.5 Å². The highest BCUT2D eigenvalue weighted by Gasteiger charge is 2.04. The highest BCUT2D eigenvalue weighted by molar-refractivity contribution is 6.31. The maximum absolute atomic E-state index is 5.92. The summed E-state index contributed by atoms with van der Waals surface area (Å²) in [6.07, 6.45) is 0. The summed E-state index contributed by atoms with van der Waals surface area (Å²) in [6, 6.07) is 13.2. The van der Waals surface area contributed by atoms with Gasteiger partial charge in [0.15, 0.2) is 0 Å². The van der Waals surface area contributed by atoms with Gasteiger partial charge in [-0.3, -0.25) is 0 Å². The molecule has 2 aromatic rings. The zero-order valence-corrected chi connectivity index (χ0v) is 9.66. The molecule has 0 aliphatic heterocycles. The van der Waals surface area contributed by atoms with Gasteiger partial charge < -0.3 is 10.5 Å². The normalized spacial score (nSPS) is 10.1. The van der Waals surface area contributed by atoms with Crippen molar-refractivity contribution < 1.29 is 4.74 Å². The van der Waals surface area contributed by atoms with Crippen molar-refractivity contribution >= 4 is 17.3 Å². The summed E-state index contributed by atoms with van der Waals surface area (Å²) < 4.78 is 5.17. The molecule has 3 heteroatoms. The lowest BCUT2D eigenvalue weighted by atomic mass is 10.0. The highest BCUT2D eigenvalue weighted by Crippen LogP contribution is 2.30. The number of ether oxygens (including phenoxy) is 1. The SMILES string of the molecule is COc1cccc(-c2ccc(Cl)cc2N)c1.